The third kappa shape index (κ3) is 3.32. The van der Waals surface area contributed by atoms with E-state index < -0.39 is 24.1 Å². The van der Waals surface area contributed by atoms with E-state index in [9.17, 15) is 4.39 Å². The van der Waals surface area contributed by atoms with Crippen LogP contribution < -0.4 is 5.46 Å². The molecule has 0 N–H and O–H groups in total. The van der Waals surface area contributed by atoms with Gasteiger partial charge in [0, 0.05) is 24.3 Å². The van der Waals surface area contributed by atoms with Crippen LogP contribution in [0, 0.1) is 5.82 Å². The van der Waals surface area contributed by atoms with Crippen LogP contribution in [0.25, 0.3) is 0 Å². The first kappa shape index (κ1) is 17.3. The van der Waals surface area contributed by atoms with Crippen LogP contribution in [0.15, 0.2) is 30.6 Å². The molecule has 2 heterocycles. The Morgan fingerprint density at radius 2 is 1.67 bits per heavy atom. The van der Waals surface area contributed by atoms with Gasteiger partial charge in [0.05, 0.1) is 16.2 Å². The summed E-state index contributed by atoms with van der Waals surface area (Å²) in [5.41, 5.74) is 0.821. The molecule has 1 aromatic carbocycles. The van der Waals surface area contributed by atoms with Gasteiger partial charge in [0.2, 0.25) is 0 Å². The van der Waals surface area contributed by atoms with E-state index in [1.807, 2.05) is 27.7 Å². The molecule has 1 saturated heterocycles. The molecule has 126 valence electrons. The summed E-state index contributed by atoms with van der Waals surface area (Å²) < 4.78 is 25.1. The van der Waals surface area contributed by atoms with E-state index in [2.05, 4.69) is 9.97 Å². The zero-order chi connectivity index (χ0) is 17.5. The van der Waals surface area contributed by atoms with Gasteiger partial charge in [-0.15, -0.1) is 0 Å². The van der Waals surface area contributed by atoms with Crippen LogP contribution in [0.5, 0.6) is 0 Å². The van der Waals surface area contributed by atoms with Crippen molar-refractivity contribution in [2.24, 2.45) is 0 Å². The molecule has 0 radical (unpaired) electrons. The first-order valence-electron chi connectivity index (χ1n) is 7.78. The molecular weight excluding hydrogens is 329 g/mol. The summed E-state index contributed by atoms with van der Waals surface area (Å²) in [6.07, 6.45) is 3.88. The molecule has 3 rings (SSSR count). The molecule has 7 heteroatoms. The maximum absolute atomic E-state index is 13.2. The van der Waals surface area contributed by atoms with Gasteiger partial charge in [-0.2, -0.15) is 0 Å². The Morgan fingerprint density at radius 1 is 1.08 bits per heavy atom. The average Bonchev–Trinajstić information content (AvgIpc) is 2.72. The SMILES string of the molecule is CC1(C)OB(c2cnc(Cc3ccc(F)c(Cl)c3)nc2)OC1(C)C. The summed E-state index contributed by atoms with van der Waals surface area (Å²) in [7, 11) is -0.482. The predicted octanol–water partition coefficient (Wildman–Crippen LogP) is 3.16. The Bertz CT molecular complexity index is 737. The Morgan fingerprint density at radius 3 is 2.21 bits per heavy atom. The number of halogens is 2. The number of aromatic nitrogens is 2. The molecule has 4 nitrogen and oxygen atoms in total. The van der Waals surface area contributed by atoms with E-state index >= 15 is 0 Å². The molecule has 0 unspecified atom stereocenters. The van der Waals surface area contributed by atoms with Gasteiger partial charge >= 0.3 is 7.12 Å². The highest BCUT2D eigenvalue weighted by Crippen LogP contribution is 2.36. The lowest BCUT2D eigenvalue weighted by atomic mass is 9.81. The van der Waals surface area contributed by atoms with Crippen LogP contribution in [0.1, 0.15) is 39.1 Å². The van der Waals surface area contributed by atoms with Gasteiger partial charge in [0.25, 0.3) is 0 Å². The summed E-state index contributed by atoms with van der Waals surface area (Å²) in [6, 6.07) is 4.60. The molecule has 0 aliphatic carbocycles. The number of hydrogen-bond acceptors (Lipinski definition) is 4. The van der Waals surface area contributed by atoms with Gasteiger partial charge < -0.3 is 9.31 Å². The number of hydrogen-bond donors (Lipinski definition) is 0. The fourth-order valence-corrected chi connectivity index (χ4v) is 2.59. The minimum Gasteiger partial charge on any atom is -0.399 e. The number of nitrogens with zero attached hydrogens (tertiary/aromatic N) is 2. The Hall–Kier alpha value is -1.50. The predicted molar refractivity (Wildman–Crippen MR) is 92.0 cm³/mol. The second kappa shape index (κ2) is 6.10. The van der Waals surface area contributed by atoms with E-state index in [1.165, 1.54) is 6.07 Å². The van der Waals surface area contributed by atoms with E-state index in [0.717, 1.165) is 11.0 Å². The third-order valence-electron chi connectivity index (χ3n) is 4.60. The van der Waals surface area contributed by atoms with Crippen LogP contribution in [0.3, 0.4) is 0 Å². The molecule has 24 heavy (non-hydrogen) atoms. The fraction of sp³-hybridized carbons (Fsp3) is 0.412. The molecular formula is C17H19BClFN2O2. The largest absolute Gasteiger partial charge is 0.498 e. The average molecular weight is 349 g/mol. The van der Waals surface area contributed by atoms with Crippen molar-refractivity contribution < 1.29 is 13.7 Å². The fourth-order valence-electron chi connectivity index (χ4n) is 2.39. The lowest BCUT2D eigenvalue weighted by Crippen LogP contribution is -2.41. The summed E-state index contributed by atoms with van der Waals surface area (Å²) in [6.45, 7) is 8.00. The van der Waals surface area contributed by atoms with Crippen LogP contribution >= 0.6 is 11.6 Å². The third-order valence-corrected chi connectivity index (χ3v) is 4.89. The number of benzene rings is 1. The van der Waals surface area contributed by atoms with Gasteiger partial charge in [0.1, 0.15) is 11.6 Å². The van der Waals surface area contributed by atoms with Crippen molar-refractivity contribution in [1.29, 1.82) is 0 Å². The van der Waals surface area contributed by atoms with E-state index in [0.29, 0.717) is 12.2 Å². The van der Waals surface area contributed by atoms with Crippen molar-refractivity contribution in [3.8, 4) is 0 Å². The topological polar surface area (TPSA) is 44.2 Å². The standard InChI is InChI=1S/C17H19BClFN2O2/c1-16(2)17(3,4)24-18(23-16)12-9-21-15(22-10-12)8-11-5-6-14(20)13(19)7-11/h5-7,9-10H,8H2,1-4H3. The van der Waals surface area contributed by atoms with Crippen molar-refractivity contribution in [2.45, 2.75) is 45.3 Å². The molecule has 0 saturated carbocycles. The molecule has 0 amide bonds. The maximum Gasteiger partial charge on any atom is 0.498 e. The summed E-state index contributed by atoms with van der Waals surface area (Å²) in [5.74, 6) is 0.190. The quantitative estimate of drug-likeness (QED) is 0.799. The molecule has 1 aliphatic heterocycles. The van der Waals surface area contributed by atoms with Gasteiger partial charge in [-0.1, -0.05) is 17.7 Å². The van der Waals surface area contributed by atoms with Gasteiger partial charge in [-0.05, 0) is 45.4 Å². The summed E-state index contributed by atoms with van der Waals surface area (Å²) in [4.78, 5) is 8.72. The molecule has 2 aromatic rings. The first-order chi connectivity index (χ1) is 11.2. The number of rotatable bonds is 3. The van der Waals surface area contributed by atoms with Crippen LogP contribution in [-0.2, 0) is 15.7 Å². The van der Waals surface area contributed by atoms with E-state index in [4.69, 9.17) is 20.9 Å². The highest BCUT2D eigenvalue weighted by Gasteiger charge is 2.51. The molecule has 0 atom stereocenters. The smallest absolute Gasteiger partial charge is 0.399 e. The highest BCUT2D eigenvalue weighted by atomic mass is 35.5. The minimum atomic E-state index is -0.482. The molecule has 0 bridgehead atoms. The molecule has 1 fully saturated rings. The van der Waals surface area contributed by atoms with Gasteiger partial charge in [-0.25, -0.2) is 14.4 Å². The van der Waals surface area contributed by atoms with Crippen LogP contribution in [0.4, 0.5) is 4.39 Å². The summed E-state index contributed by atoms with van der Waals surface area (Å²) >= 11 is 5.80. The van der Waals surface area contributed by atoms with Gasteiger partial charge in [0.15, 0.2) is 0 Å². The zero-order valence-corrected chi connectivity index (χ0v) is 14.9. The minimum absolute atomic E-state index is 0.0985. The van der Waals surface area contributed by atoms with Crippen molar-refractivity contribution in [1.82, 2.24) is 9.97 Å². The van der Waals surface area contributed by atoms with Crippen LogP contribution in [-0.4, -0.2) is 28.3 Å². The zero-order valence-electron chi connectivity index (χ0n) is 14.1. The highest BCUT2D eigenvalue weighted by molar-refractivity contribution is 6.61. The lowest BCUT2D eigenvalue weighted by Gasteiger charge is -2.32. The van der Waals surface area contributed by atoms with E-state index in [1.54, 1.807) is 24.5 Å². The second-order valence-electron chi connectivity index (χ2n) is 6.95. The molecule has 1 aliphatic rings. The first-order valence-corrected chi connectivity index (χ1v) is 8.16. The normalized spacial score (nSPS) is 18.8. The van der Waals surface area contributed by atoms with Crippen molar-refractivity contribution in [2.75, 3.05) is 0 Å². The monoisotopic (exact) mass is 348 g/mol. The summed E-state index contributed by atoms with van der Waals surface area (Å²) in [5, 5.41) is 0.0985. The Labute approximate surface area is 146 Å². The van der Waals surface area contributed by atoms with Crippen molar-refractivity contribution >= 4 is 24.2 Å². The Kier molecular flexibility index (Phi) is 4.40. The maximum atomic E-state index is 13.2. The van der Waals surface area contributed by atoms with Crippen LogP contribution in [0.2, 0.25) is 5.02 Å². The lowest BCUT2D eigenvalue weighted by molar-refractivity contribution is 0.00578. The van der Waals surface area contributed by atoms with Crippen molar-refractivity contribution in [3.63, 3.8) is 0 Å². The molecule has 0 spiro atoms. The van der Waals surface area contributed by atoms with Crippen molar-refractivity contribution in [3.05, 3.63) is 52.8 Å². The second-order valence-corrected chi connectivity index (χ2v) is 7.35. The Balaban J connectivity index is 1.73. The molecule has 1 aromatic heterocycles. The van der Waals surface area contributed by atoms with Gasteiger partial charge in [-0.3, -0.25) is 0 Å². The van der Waals surface area contributed by atoms with E-state index in [-0.39, 0.29) is 5.02 Å².